The van der Waals surface area contributed by atoms with Gasteiger partial charge in [-0.25, -0.2) is 4.79 Å². The molecule has 2 aromatic carbocycles. The molecule has 2 aliphatic rings. The summed E-state index contributed by atoms with van der Waals surface area (Å²) >= 11 is 0. The maximum atomic E-state index is 13.3. The van der Waals surface area contributed by atoms with Crippen molar-refractivity contribution in [3.05, 3.63) is 53.6 Å². The van der Waals surface area contributed by atoms with E-state index in [1.165, 1.54) is 0 Å². The van der Waals surface area contributed by atoms with Crippen LogP contribution < -0.4 is 20.1 Å². The molecule has 2 N–H and O–H groups in total. The second kappa shape index (κ2) is 10.3. The summed E-state index contributed by atoms with van der Waals surface area (Å²) in [4.78, 5) is 53.6. The number of carbonyl (C=O) groups is 4. The molecule has 0 saturated carbocycles. The van der Waals surface area contributed by atoms with E-state index in [1.54, 1.807) is 54.3 Å². The Morgan fingerprint density at radius 1 is 1.03 bits per heavy atom. The summed E-state index contributed by atoms with van der Waals surface area (Å²) < 4.78 is 11.4. The Bertz CT molecular complexity index is 1180. The fourth-order valence-electron chi connectivity index (χ4n) is 4.24. The van der Waals surface area contributed by atoms with Gasteiger partial charge in [0.15, 0.2) is 11.5 Å². The Balaban J connectivity index is 1.43. The molecule has 0 aliphatic carbocycles. The molecule has 0 radical (unpaired) electrons. The van der Waals surface area contributed by atoms with Gasteiger partial charge < -0.3 is 25.0 Å². The SMILES string of the molecule is CCN(CC)C(=O)c1ccc(NC(=O)CN2C(=O)N[C@](C)(c3ccc4c(c3)OCCCO4)C2=O)cc1. The number of hydrogen-bond acceptors (Lipinski definition) is 6. The zero-order valence-corrected chi connectivity index (χ0v) is 20.6. The number of fused-ring (bicyclic) bond motifs is 1. The molecule has 5 amide bonds. The molecule has 1 saturated heterocycles. The number of amides is 5. The maximum Gasteiger partial charge on any atom is 0.325 e. The summed E-state index contributed by atoms with van der Waals surface area (Å²) in [5.74, 6) is -0.0853. The predicted molar refractivity (Wildman–Crippen MR) is 132 cm³/mol. The van der Waals surface area contributed by atoms with Crippen LogP contribution in [0.1, 0.15) is 43.1 Å². The third-order valence-electron chi connectivity index (χ3n) is 6.37. The van der Waals surface area contributed by atoms with Crippen LogP contribution in [0, 0.1) is 0 Å². The van der Waals surface area contributed by atoms with E-state index in [9.17, 15) is 19.2 Å². The molecule has 2 aliphatic heterocycles. The van der Waals surface area contributed by atoms with Crippen molar-refractivity contribution in [1.29, 1.82) is 0 Å². The number of anilines is 1. The van der Waals surface area contributed by atoms with E-state index >= 15 is 0 Å². The van der Waals surface area contributed by atoms with Gasteiger partial charge >= 0.3 is 6.03 Å². The summed E-state index contributed by atoms with van der Waals surface area (Å²) in [5.41, 5.74) is 0.140. The van der Waals surface area contributed by atoms with Crippen molar-refractivity contribution < 1.29 is 28.7 Å². The highest BCUT2D eigenvalue weighted by molar-refractivity contribution is 6.10. The molecule has 0 bridgehead atoms. The zero-order chi connectivity index (χ0) is 25.9. The molecule has 0 unspecified atom stereocenters. The lowest BCUT2D eigenvalue weighted by Crippen LogP contribution is -2.42. The van der Waals surface area contributed by atoms with Gasteiger partial charge in [0.05, 0.1) is 13.2 Å². The summed E-state index contributed by atoms with van der Waals surface area (Å²) in [7, 11) is 0. The van der Waals surface area contributed by atoms with Crippen molar-refractivity contribution in [3.8, 4) is 11.5 Å². The second-order valence-electron chi connectivity index (χ2n) is 8.76. The minimum absolute atomic E-state index is 0.0914. The van der Waals surface area contributed by atoms with Crippen LogP contribution in [-0.2, 0) is 15.1 Å². The first-order valence-electron chi connectivity index (χ1n) is 12.0. The molecule has 1 fully saturated rings. The first-order chi connectivity index (χ1) is 17.3. The monoisotopic (exact) mass is 494 g/mol. The third-order valence-corrected chi connectivity index (χ3v) is 6.37. The smallest absolute Gasteiger partial charge is 0.325 e. The number of nitrogens with one attached hydrogen (secondary N) is 2. The van der Waals surface area contributed by atoms with Crippen molar-refractivity contribution in [1.82, 2.24) is 15.1 Å². The molecule has 10 heteroatoms. The highest BCUT2D eigenvalue weighted by atomic mass is 16.5. The fourth-order valence-corrected chi connectivity index (χ4v) is 4.24. The van der Waals surface area contributed by atoms with Crippen molar-refractivity contribution >= 4 is 29.4 Å². The van der Waals surface area contributed by atoms with Crippen LogP contribution in [0.5, 0.6) is 11.5 Å². The van der Waals surface area contributed by atoms with E-state index in [2.05, 4.69) is 10.6 Å². The molecule has 2 heterocycles. The number of ether oxygens (including phenoxy) is 2. The summed E-state index contributed by atoms with van der Waals surface area (Å²) in [6.45, 7) is 7.19. The van der Waals surface area contributed by atoms with Crippen LogP contribution in [0.15, 0.2) is 42.5 Å². The highest BCUT2D eigenvalue weighted by Crippen LogP contribution is 2.36. The number of urea groups is 1. The lowest BCUT2D eigenvalue weighted by atomic mass is 9.91. The minimum atomic E-state index is -1.35. The Labute approximate surface area is 209 Å². The van der Waals surface area contributed by atoms with Gasteiger partial charge in [-0.2, -0.15) is 0 Å². The summed E-state index contributed by atoms with van der Waals surface area (Å²) in [5, 5.41) is 5.37. The van der Waals surface area contributed by atoms with Gasteiger partial charge in [0.2, 0.25) is 5.91 Å². The molecule has 190 valence electrons. The largest absolute Gasteiger partial charge is 0.490 e. The Kier molecular flexibility index (Phi) is 7.14. The van der Waals surface area contributed by atoms with Crippen molar-refractivity contribution in [2.75, 3.05) is 38.2 Å². The number of carbonyl (C=O) groups excluding carboxylic acids is 4. The van der Waals surface area contributed by atoms with Gasteiger partial charge in [0.1, 0.15) is 12.1 Å². The van der Waals surface area contributed by atoms with Gasteiger partial charge in [0, 0.05) is 30.8 Å². The van der Waals surface area contributed by atoms with Crippen molar-refractivity contribution in [2.24, 2.45) is 0 Å². The molecule has 1 atom stereocenters. The number of hydrogen-bond donors (Lipinski definition) is 2. The Morgan fingerprint density at radius 3 is 2.36 bits per heavy atom. The molecule has 0 aromatic heterocycles. The lowest BCUT2D eigenvalue weighted by molar-refractivity contribution is -0.133. The summed E-state index contributed by atoms with van der Waals surface area (Å²) in [6.07, 6.45) is 0.745. The maximum absolute atomic E-state index is 13.3. The van der Waals surface area contributed by atoms with Crippen LogP contribution >= 0.6 is 0 Å². The molecule has 4 rings (SSSR count). The van der Waals surface area contributed by atoms with Crippen LogP contribution in [0.4, 0.5) is 10.5 Å². The van der Waals surface area contributed by atoms with Crippen LogP contribution in [0.3, 0.4) is 0 Å². The van der Waals surface area contributed by atoms with E-state index in [-0.39, 0.29) is 5.91 Å². The zero-order valence-electron chi connectivity index (χ0n) is 20.6. The molecule has 2 aromatic rings. The highest BCUT2D eigenvalue weighted by Gasteiger charge is 2.49. The standard InChI is InChI=1S/C26H30N4O6/c1-4-29(5-2)23(32)17-7-10-19(11-8-17)27-22(31)16-30-24(33)26(3,28-25(30)34)18-9-12-20-21(15-18)36-14-6-13-35-20/h7-12,15H,4-6,13-14,16H2,1-3H3,(H,27,31)(H,28,34)/t26-/m1/s1. The first-order valence-corrected chi connectivity index (χ1v) is 12.0. The Morgan fingerprint density at radius 2 is 1.69 bits per heavy atom. The van der Waals surface area contributed by atoms with E-state index in [4.69, 9.17) is 9.47 Å². The van der Waals surface area contributed by atoms with Gasteiger partial charge in [-0.15, -0.1) is 0 Å². The molecular weight excluding hydrogens is 464 g/mol. The van der Waals surface area contributed by atoms with E-state index in [1.807, 2.05) is 13.8 Å². The van der Waals surface area contributed by atoms with Gasteiger partial charge in [0.25, 0.3) is 11.8 Å². The lowest BCUT2D eigenvalue weighted by Gasteiger charge is -2.23. The minimum Gasteiger partial charge on any atom is -0.490 e. The predicted octanol–water partition coefficient (Wildman–Crippen LogP) is 2.74. The number of nitrogens with zero attached hydrogens (tertiary/aromatic N) is 2. The van der Waals surface area contributed by atoms with Gasteiger partial charge in [-0.3, -0.25) is 19.3 Å². The van der Waals surface area contributed by atoms with Crippen LogP contribution in [0.25, 0.3) is 0 Å². The third kappa shape index (κ3) is 4.84. The van der Waals surface area contributed by atoms with E-state index in [0.717, 1.165) is 11.3 Å². The molecular formula is C26H30N4O6. The van der Waals surface area contributed by atoms with Crippen LogP contribution in [-0.4, -0.2) is 66.4 Å². The van der Waals surface area contributed by atoms with Gasteiger partial charge in [-0.1, -0.05) is 6.07 Å². The van der Waals surface area contributed by atoms with Crippen LogP contribution in [0.2, 0.25) is 0 Å². The van der Waals surface area contributed by atoms with E-state index in [0.29, 0.717) is 54.6 Å². The second-order valence-corrected chi connectivity index (χ2v) is 8.76. The fraction of sp³-hybridized carbons (Fsp3) is 0.385. The first kappa shape index (κ1) is 25.0. The number of rotatable bonds is 7. The normalized spacial score (nSPS) is 18.9. The molecule has 0 spiro atoms. The van der Waals surface area contributed by atoms with Crippen molar-refractivity contribution in [3.63, 3.8) is 0 Å². The molecule has 10 nitrogen and oxygen atoms in total. The Hall–Kier alpha value is -4.08. The average molecular weight is 495 g/mol. The molecule has 36 heavy (non-hydrogen) atoms. The number of benzene rings is 2. The quantitative estimate of drug-likeness (QED) is 0.572. The van der Waals surface area contributed by atoms with E-state index < -0.39 is 29.9 Å². The number of imide groups is 1. The topological polar surface area (TPSA) is 117 Å². The van der Waals surface area contributed by atoms with Crippen molar-refractivity contribution in [2.45, 2.75) is 32.7 Å². The average Bonchev–Trinajstić information content (AvgIpc) is 3.03. The van der Waals surface area contributed by atoms with Gasteiger partial charge in [-0.05, 0) is 62.7 Å². The summed E-state index contributed by atoms with van der Waals surface area (Å²) in [6, 6.07) is 10.9.